The second-order valence-electron chi connectivity index (χ2n) is 6.47. The van der Waals surface area contributed by atoms with E-state index in [1.165, 1.54) is 0 Å². The van der Waals surface area contributed by atoms with Crippen LogP contribution in [0.3, 0.4) is 0 Å². The molecular formula is C21H23N3O3. The number of carbonyl (C=O) groups is 3. The zero-order valence-electron chi connectivity index (χ0n) is 15.1. The molecule has 0 aliphatic carbocycles. The Balaban J connectivity index is 1.43. The van der Waals surface area contributed by atoms with Gasteiger partial charge in [-0.05, 0) is 43.2 Å². The van der Waals surface area contributed by atoms with Gasteiger partial charge in [0.15, 0.2) is 0 Å². The van der Waals surface area contributed by atoms with Crippen molar-refractivity contribution in [2.45, 2.75) is 25.7 Å². The minimum atomic E-state index is -0.140. The molecule has 0 spiro atoms. The van der Waals surface area contributed by atoms with Gasteiger partial charge in [-0.15, -0.1) is 0 Å². The summed E-state index contributed by atoms with van der Waals surface area (Å²) in [6.07, 6.45) is 2.30. The monoisotopic (exact) mass is 365 g/mol. The highest BCUT2D eigenvalue weighted by molar-refractivity contribution is 5.97. The summed E-state index contributed by atoms with van der Waals surface area (Å²) in [5, 5.41) is 5.66. The Labute approximate surface area is 158 Å². The Morgan fingerprint density at radius 1 is 1.04 bits per heavy atom. The maximum Gasteiger partial charge on any atom is 0.251 e. The third-order valence-corrected chi connectivity index (χ3v) is 4.42. The molecule has 0 saturated carbocycles. The predicted molar refractivity (Wildman–Crippen MR) is 105 cm³/mol. The second kappa shape index (κ2) is 8.98. The molecule has 1 fully saturated rings. The number of nitrogens with one attached hydrogen (secondary N) is 2. The van der Waals surface area contributed by atoms with E-state index < -0.39 is 0 Å². The molecule has 0 radical (unpaired) electrons. The summed E-state index contributed by atoms with van der Waals surface area (Å²) in [6, 6.07) is 16.3. The topological polar surface area (TPSA) is 78.5 Å². The lowest BCUT2D eigenvalue weighted by molar-refractivity contribution is -0.117. The lowest BCUT2D eigenvalue weighted by atomic mass is 10.2. The van der Waals surface area contributed by atoms with Gasteiger partial charge < -0.3 is 15.5 Å². The normalized spacial score (nSPS) is 13.5. The van der Waals surface area contributed by atoms with Crippen molar-refractivity contribution in [3.8, 4) is 0 Å². The molecule has 1 heterocycles. The summed E-state index contributed by atoms with van der Waals surface area (Å²) < 4.78 is 0. The van der Waals surface area contributed by atoms with Crippen LogP contribution in [0.15, 0.2) is 54.6 Å². The van der Waals surface area contributed by atoms with Crippen molar-refractivity contribution in [2.24, 2.45) is 0 Å². The van der Waals surface area contributed by atoms with Gasteiger partial charge >= 0.3 is 0 Å². The van der Waals surface area contributed by atoms with Crippen molar-refractivity contribution in [1.82, 2.24) is 5.32 Å². The molecule has 6 nitrogen and oxygen atoms in total. The first kappa shape index (κ1) is 18.6. The van der Waals surface area contributed by atoms with Crippen LogP contribution in [0.2, 0.25) is 0 Å². The SMILES string of the molecule is O=C(CCCNC(=O)c1ccccc1)Nc1cccc(N2CCCC2=O)c1. The molecule has 27 heavy (non-hydrogen) atoms. The molecule has 6 heteroatoms. The number of benzene rings is 2. The van der Waals surface area contributed by atoms with Crippen LogP contribution in [0.1, 0.15) is 36.0 Å². The van der Waals surface area contributed by atoms with Crippen molar-refractivity contribution in [3.05, 3.63) is 60.2 Å². The highest BCUT2D eigenvalue weighted by Gasteiger charge is 2.21. The van der Waals surface area contributed by atoms with E-state index in [4.69, 9.17) is 0 Å². The van der Waals surface area contributed by atoms with E-state index in [1.807, 2.05) is 36.4 Å². The van der Waals surface area contributed by atoms with Gasteiger partial charge in [-0.25, -0.2) is 0 Å². The summed E-state index contributed by atoms with van der Waals surface area (Å²) in [6.45, 7) is 1.15. The first-order chi connectivity index (χ1) is 13.1. The fourth-order valence-electron chi connectivity index (χ4n) is 3.04. The predicted octanol–water partition coefficient (Wildman–Crippen LogP) is 2.96. The summed E-state index contributed by atoms with van der Waals surface area (Å²) >= 11 is 0. The van der Waals surface area contributed by atoms with Gasteiger partial charge in [0, 0.05) is 42.9 Å². The summed E-state index contributed by atoms with van der Waals surface area (Å²) in [5.41, 5.74) is 2.09. The van der Waals surface area contributed by atoms with E-state index in [0.29, 0.717) is 37.1 Å². The molecule has 3 rings (SSSR count). The molecule has 0 unspecified atom stereocenters. The smallest absolute Gasteiger partial charge is 0.251 e. The average molecular weight is 365 g/mol. The number of carbonyl (C=O) groups excluding carboxylic acids is 3. The van der Waals surface area contributed by atoms with Crippen molar-refractivity contribution >= 4 is 29.1 Å². The third kappa shape index (κ3) is 5.17. The summed E-state index contributed by atoms with van der Waals surface area (Å²) in [5.74, 6) is -0.138. The molecule has 0 bridgehead atoms. The zero-order chi connectivity index (χ0) is 19.1. The van der Waals surface area contributed by atoms with Crippen LogP contribution >= 0.6 is 0 Å². The van der Waals surface area contributed by atoms with Crippen molar-refractivity contribution < 1.29 is 14.4 Å². The van der Waals surface area contributed by atoms with E-state index in [1.54, 1.807) is 23.1 Å². The molecule has 3 amide bonds. The molecule has 2 N–H and O–H groups in total. The van der Waals surface area contributed by atoms with E-state index >= 15 is 0 Å². The Hall–Kier alpha value is -3.15. The van der Waals surface area contributed by atoms with Gasteiger partial charge in [0.05, 0.1) is 0 Å². The maximum absolute atomic E-state index is 12.1. The first-order valence-corrected chi connectivity index (χ1v) is 9.17. The highest BCUT2D eigenvalue weighted by atomic mass is 16.2. The molecule has 0 aromatic heterocycles. The Morgan fingerprint density at radius 2 is 1.85 bits per heavy atom. The Kier molecular flexibility index (Phi) is 6.20. The van der Waals surface area contributed by atoms with Gasteiger partial charge in [0.1, 0.15) is 0 Å². The van der Waals surface area contributed by atoms with Crippen molar-refractivity contribution in [3.63, 3.8) is 0 Å². The standard InChI is InChI=1S/C21H23N3O3/c25-19(11-5-13-22-21(27)16-7-2-1-3-8-16)23-17-9-4-10-18(15-17)24-14-6-12-20(24)26/h1-4,7-10,15H,5-6,11-14H2,(H,22,27)(H,23,25). The van der Waals surface area contributed by atoms with Gasteiger partial charge in [-0.3, -0.25) is 14.4 Å². The highest BCUT2D eigenvalue weighted by Crippen LogP contribution is 2.24. The van der Waals surface area contributed by atoms with E-state index in [-0.39, 0.29) is 17.7 Å². The zero-order valence-corrected chi connectivity index (χ0v) is 15.1. The van der Waals surface area contributed by atoms with Gasteiger partial charge in [-0.2, -0.15) is 0 Å². The van der Waals surface area contributed by atoms with Gasteiger partial charge in [0.2, 0.25) is 11.8 Å². The van der Waals surface area contributed by atoms with Gasteiger partial charge in [-0.1, -0.05) is 24.3 Å². The van der Waals surface area contributed by atoms with Gasteiger partial charge in [0.25, 0.3) is 5.91 Å². The molecule has 1 aliphatic heterocycles. The van der Waals surface area contributed by atoms with Crippen LogP contribution in [-0.2, 0) is 9.59 Å². The molecule has 140 valence electrons. The number of hydrogen-bond acceptors (Lipinski definition) is 3. The van der Waals surface area contributed by atoms with Crippen LogP contribution in [-0.4, -0.2) is 30.8 Å². The van der Waals surface area contributed by atoms with E-state index in [2.05, 4.69) is 10.6 Å². The number of amides is 3. The van der Waals surface area contributed by atoms with Crippen LogP contribution in [0.25, 0.3) is 0 Å². The molecule has 2 aromatic rings. The van der Waals surface area contributed by atoms with Crippen LogP contribution in [0.4, 0.5) is 11.4 Å². The maximum atomic E-state index is 12.1. The quantitative estimate of drug-likeness (QED) is 0.741. The van der Waals surface area contributed by atoms with Crippen LogP contribution < -0.4 is 15.5 Å². The molecule has 2 aromatic carbocycles. The van der Waals surface area contributed by atoms with Crippen molar-refractivity contribution in [2.75, 3.05) is 23.3 Å². The molecule has 1 saturated heterocycles. The van der Waals surface area contributed by atoms with Crippen molar-refractivity contribution in [1.29, 1.82) is 0 Å². The molecule has 0 atom stereocenters. The minimum absolute atomic E-state index is 0.117. The molecular weight excluding hydrogens is 342 g/mol. The number of nitrogens with zero attached hydrogens (tertiary/aromatic N) is 1. The Bertz CT molecular complexity index is 820. The van der Waals surface area contributed by atoms with E-state index in [9.17, 15) is 14.4 Å². The largest absolute Gasteiger partial charge is 0.352 e. The first-order valence-electron chi connectivity index (χ1n) is 9.17. The van der Waals surface area contributed by atoms with Crippen LogP contribution in [0.5, 0.6) is 0 Å². The number of rotatable bonds is 7. The van der Waals surface area contributed by atoms with E-state index in [0.717, 1.165) is 18.7 Å². The summed E-state index contributed by atoms with van der Waals surface area (Å²) in [4.78, 5) is 37.6. The molecule has 1 aliphatic rings. The lowest BCUT2D eigenvalue weighted by Crippen LogP contribution is -2.25. The van der Waals surface area contributed by atoms with Crippen LogP contribution in [0, 0.1) is 0 Å². The minimum Gasteiger partial charge on any atom is -0.352 e. The fraction of sp³-hybridized carbons (Fsp3) is 0.286. The Morgan fingerprint density at radius 3 is 2.59 bits per heavy atom. The number of anilines is 2. The second-order valence-corrected chi connectivity index (χ2v) is 6.47. The number of hydrogen-bond donors (Lipinski definition) is 2. The lowest BCUT2D eigenvalue weighted by Gasteiger charge is -2.16. The average Bonchev–Trinajstić information content (AvgIpc) is 3.12. The third-order valence-electron chi connectivity index (χ3n) is 4.42. The summed E-state index contributed by atoms with van der Waals surface area (Å²) in [7, 11) is 0. The fourth-order valence-corrected chi connectivity index (χ4v) is 3.04.